The van der Waals surface area contributed by atoms with Gasteiger partial charge in [0, 0.05) is 10.6 Å². The highest BCUT2D eigenvalue weighted by molar-refractivity contribution is 6.31. The van der Waals surface area contributed by atoms with Gasteiger partial charge in [-0.25, -0.2) is 13.2 Å². The van der Waals surface area contributed by atoms with E-state index >= 15 is 0 Å². The van der Waals surface area contributed by atoms with Crippen LogP contribution in [0.25, 0.3) is 0 Å². The Hall–Kier alpha value is -2.99. The summed E-state index contributed by atoms with van der Waals surface area (Å²) in [5, 5.41) is 1.45. The molecule has 0 aliphatic heterocycles. The van der Waals surface area contributed by atoms with Gasteiger partial charge in [-0.15, -0.1) is 0 Å². The summed E-state index contributed by atoms with van der Waals surface area (Å²) in [6.45, 7) is -0.142. The molecule has 1 N–H and O–H groups in total. The van der Waals surface area contributed by atoms with Crippen molar-refractivity contribution in [2.45, 2.75) is 6.54 Å². The highest BCUT2D eigenvalue weighted by Gasteiger charge is 2.21. The van der Waals surface area contributed by atoms with Crippen LogP contribution in [0.3, 0.4) is 0 Å². The number of amides is 1. The van der Waals surface area contributed by atoms with E-state index in [9.17, 15) is 18.0 Å². The van der Waals surface area contributed by atoms with Gasteiger partial charge in [-0.2, -0.15) is 0 Å². The molecule has 0 heterocycles. The van der Waals surface area contributed by atoms with Crippen molar-refractivity contribution in [3.8, 4) is 0 Å². The molecular formula is C20H14ClF3N2O. The first kappa shape index (κ1) is 18.8. The molecule has 0 fully saturated rings. The average Bonchev–Trinajstić information content (AvgIpc) is 2.64. The summed E-state index contributed by atoms with van der Waals surface area (Å²) in [5.41, 5.74) is 2.32. The number of halogens is 4. The van der Waals surface area contributed by atoms with Crippen LogP contribution in [0.15, 0.2) is 66.7 Å². The molecule has 1 amide bonds. The van der Waals surface area contributed by atoms with Gasteiger partial charge in [-0.05, 0) is 36.4 Å². The minimum atomic E-state index is -0.998. The molecule has 0 aromatic heterocycles. The molecule has 0 spiro atoms. The van der Waals surface area contributed by atoms with Crippen LogP contribution >= 0.6 is 11.6 Å². The van der Waals surface area contributed by atoms with Gasteiger partial charge >= 0.3 is 0 Å². The second-order valence-corrected chi connectivity index (χ2v) is 6.07. The molecule has 3 aromatic rings. The Kier molecular flexibility index (Phi) is 5.66. The highest BCUT2D eigenvalue weighted by Crippen LogP contribution is 2.23. The normalized spacial score (nSPS) is 10.5. The molecule has 7 heteroatoms. The van der Waals surface area contributed by atoms with Crippen molar-refractivity contribution >= 4 is 23.2 Å². The van der Waals surface area contributed by atoms with E-state index < -0.39 is 28.9 Å². The maximum atomic E-state index is 14.2. The zero-order chi connectivity index (χ0) is 19.4. The lowest BCUT2D eigenvalue weighted by molar-refractivity contribution is 0.0939. The van der Waals surface area contributed by atoms with Gasteiger partial charge in [0.2, 0.25) is 0 Å². The quantitative estimate of drug-likeness (QED) is 0.614. The van der Waals surface area contributed by atoms with E-state index in [1.165, 1.54) is 23.2 Å². The van der Waals surface area contributed by atoms with Gasteiger partial charge in [0.1, 0.15) is 23.0 Å². The van der Waals surface area contributed by atoms with Crippen molar-refractivity contribution in [1.29, 1.82) is 0 Å². The molecule has 0 unspecified atom stereocenters. The number of hydrazine groups is 1. The largest absolute Gasteiger partial charge is 0.281 e. The second-order valence-electron chi connectivity index (χ2n) is 5.66. The maximum Gasteiger partial charge on any atom is 0.275 e. The standard InChI is InChI=1S/C20H14ClF3N2O/c21-15-8-4-9-16(22)14(15)12-26(13-6-2-1-3-7-13)25-20(27)19-17(23)10-5-11-18(19)24/h1-11H,12H2,(H,25,27). The number of benzene rings is 3. The van der Waals surface area contributed by atoms with Crippen molar-refractivity contribution in [3.63, 3.8) is 0 Å². The SMILES string of the molecule is O=C(NN(Cc1c(F)cccc1Cl)c1ccccc1)c1c(F)cccc1F. The number of nitrogens with zero attached hydrogens (tertiary/aromatic N) is 1. The third-order valence-corrected chi connectivity index (χ3v) is 4.23. The van der Waals surface area contributed by atoms with Crippen molar-refractivity contribution < 1.29 is 18.0 Å². The molecule has 0 aliphatic rings. The minimum Gasteiger partial charge on any atom is -0.281 e. The van der Waals surface area contributed by atoms with Crippen LogP contribution in [0, 0.1) is 17.5 Å². The Bertz CT molecular complexity index is 926. The summed E-state index contributed by atoms with van der Waals surface area (Å²) in [6, 6.07) is 15.8. The number of hydrogen-bond donors (Lipinski definition) is 1. The summed E-state index contributed by atoms with van der Waals surface area (Å²) in [5.74, 6) is -3.55. The molecule has 0 atom stereocenters. The van der Waals surface area contributed by atoms with Gasteiger partial charge in [0.15, 0.2) is 0 Å². The topological polar surface area (TPSA) is 32.3 Å². The fourth-order valence-corrected chi connectivity index (χ4v) is 2.76. The van der Waals surface area contributed by atoms with Gasteiger partial charge in [0.25, 0.3) is 5.91 Å². The third-order valence-electron chi connectivity index (χ3n) is 3.87. The Labute approximate surface area is 159 Å². The van der Waals surface area contributed by atoms with Crippen LogP contribution in [0.1, 0.15) is 15.9 Å². The van der Waals surface area contributed by atoms with E-state index in [1.807, 2.05) is 0 Å². The minimum absolute atomic E-state index is 0.136. The molecule has 0 saturated carbocycles. The highest BCUT2D eigenvalue weighted by atomic mass is 35.5. The number of carbonyl (C=O) groups is 1. The Morgan fingerprint density at radius 3 is 2.07 bits per heavy atom. The fraction of sp³-hybridized carbons (Fsp3) is 0.0500. The molecule has 0 aliphatic carbocycles. The third kappa shape index (κ3) is 4.23. The van der Waals surface area contributed by atoms with E-state index in [4.69, 9.17) is 11.6 Å². The number of hydrogen-bond acceptors (Lipinski definition) is 2. The van der Waals surface area contributed by atoms with Crippen LogP contribution in [-0.4, -0.2) is 5.91 Å². The molecule has 3 rings (SSSR count). The van der Waals surface area contributed by atoms with Crippen LogP contribution in [-0.2, 0) is 6.54 Å². The number of nitrogens with one attached hydrogen (secondary N) is 1. The number of anilines is 1. The van der Waals surface area contributed by atoms with Crippen molar-refractivity contribution in [1.82, 2.24) is 5.43 Å². The lowest BCUT2D eigenvalue weighted by Crippen LogP contribution is -2.42. The predicted octanol–water partition coefficient (Wildman–Crippen LogP) is 5.11. The van der Waals surface area contributed by atoms with Crippen LogP contribution < -0.4 is 10.4 Å². The number of rotatable bonds is 5. The summed E-state index contributed by atoms with van der Waals surface area (Å²) in [7, 11) is 0. The van der Waals surface area contributed by atoms with Gasteiger partial charge in [-0.1, -0.05) is 41.9 Å². The first-order valence-electron chi connectivity index (χ1n) is 7.98. The van der Waals surface area contributed by atoms with E-state index in [1.54, 1.807) is 30.3 Å². The summed E-state index contributed by atoms with van der Waals surface area (Å²) >= 11 is 6.07. The molecule has 0 saturated heterocycles. The lowest BCUT2D eigenvalue weighted by atomic mass is 10.1. The van der Waals surface area contributed by atoms with Gasteiger partial charge in [0.05, 0.1) is 12.2 Å². The Balaban J connectivity index is 1.95. The fourth-order valence-electron chi connectivity index (χ4n) is 2.54. The molecular weight excluding hydrogens is 377 g/mol. The maximum absolute atomic E-state index is 14.2. The molecule has 138 valence electrons. The molecule has 3 aromatic carbocycles. The van der Waals surface area contributed by atoms with E-state index in [2.05, 4.69) is 5.43 Å². The monoisotopic (exact) mass is 390 g/mol. The Morgan fingerprint density at radius 2 is 1.44 bits per heavy atom. The van der Waals surface area contributed by atoms with Crippen molar-refractivity contribution in [3.05, 3.63) is 100 Å². The number of para-hydroxylation sites is 1. The zero-order valence-corrected chi connectivity index (χ0v) is 14.7. The summed E-state index contributed by atoms with van der Waals surface area (Å²) in [6.07, 6.45) is 0. The predicted molar refractivity (Wildman–Crippen MR) is 97.9 cm³/mol. The average molecular weight is 391 g/mol. The number of carbonyl (C=O) groups excluding carboxylic acids is 1. The van der Waals surface area contributed by atoms with E-state index in [-0.39, 0.29) is 17.1 Å². The smallest absolute Gasteiger partial charge is 0.275 e. The first-order valence-corrected chi connectivity index (χ1v) is 8.35. The van der Waals surface area contributed by atoms with Crippen molar-refractivity contribution in [2.75, 3.05) is 5.01 Å². The summed E-state index contributed by atoms with van der Waals surface area (Å²) < 4.78 is 42.0. The van der Waals surface area contributed by atoms with Crippen LogP contribution in [0.5, 0.6) is 0 Å². The molecule has 3 nitrogen and oxygen atoms in total. The van der Waals surface area contributed by atoms with Crippen molar-refractivity contribution in [2.24, 2.45) is 0 Å². The molecule has 0 radical (unpaired) electrons. The van der Waals surface area contributed by atoms with E-state index in [0.717, 1.165) is 18.2 Å². The van der Waals surface area contributed by atoms with Crippen LogP contribution in [0.2, 0.25) is 5.02 Å². The first-order chi connectivity index (χ1) is 13.0. The Morgan fingerprint density at radius 1 is 0.852 bits per heavy atom. The lowest BCUT2D eigenvalue weighted by Gasteiger charge is -2.26. The molecule has 0 bridgehead atoms. The van der Waals surface area contributed by atoms with Crippen LogP contribution in [0.4, 0.5) is 18.9 Å². The molecule has 27 heavy (non-hydrogen) atoms. The zero-order valence-electron chi connectivity index (χ0n) is 13.9. The van der Waals surface area contributed by atoms with Gasteiger partial charge < -0.3 is 0 Å². The van der Waals surface area contributed by atoms with Gasteiger partial charge in [-0.3, -0.25) is 15.2 Å². The summed E-state index contributed by atoms with van der Waals surface area (Å²) in [4.78, 5) is 12.5. The van der Waals surface area contributed by atoms with E-state index in [0.29, 0.717) is 5.69 Å². The second kappa shape index (κ2) is 8.14.